The van der Waals surface area contributed by atoms with Gasteiger partial charge in [-0.1, -0.05) is 13.8 Å². The molecular formula is C16H19N3O6. The van der Waals surface area contributed by atoms with Crippen LogP contribution in [0.15, 0.2) is 24.5 Å². The van der Waals surface area contributed by atoms with Gasteiger partial charge < -0.3 is 14.2 Å². The summed E-state index contributed by atoms with van der Waals surface area (Å²) in [5, 5.41) is 11.3. The Morgan fingerprint density at radius 3 is 2.48 bits per heavy atom. The van der Waals surface area contributed by atoms with Crippen LogP contribution >= 0.6 is 0 Å². The summed E-state index contributed by atoms with van der Waals surface area (Å²) in [6, 6.07) is 2.65. The highest BCUT2D eigenvalue weighted by Crippen LogP contribution is 2.34. The van der Waals surface area contributed by atoms with Gasteiger partial charge in [-0.2, -0.15) is 0 Å². The molecule has 2 rings (SSSR count). The summed E-state index contributed by atoms with van der Waals surface area (Å²) in [5.41, 5.74) is -0.0256. The van der Waals surface area contributed by atoms with Gasteiger partial charge in [-0.05, 0) is 6.07 Å². The van der Waals surface area contributed by atoms with E-state index >= 15 is 0 Å². The number of rotatable bonds is 6. The van der Waals surface area contributed by atoms with E-state index in [1.54, 1.807) is 0 Å². The van der Waals surface area contributed by atoms with Crippen LogP contribution in [0.2, 0.25) is 0 Å². The number of carbonyl (C=O) groups is 1. The average molecular weight is 349 g/mol. The number of hydrogen-bond donors (Lipinski definition) is 0. The molecule has 0 aliphatic heterocycles. The molecule has 2 aromatic rings. The Morgan fingerprint density at radius 2 is 1.92 bits per heavy atom. The minimum atomic E-state index is -0.662. The Labute approximate surface area is 144 Å². The number of benzene rings is 1. The molecule has 0 aliphatic carbocycles. The third-order valence-corrected chi connectivity index (χ3v) is 3.52. The molecule has 0 unspecified atom stereocenters. The van der Waals surface area contributed by atoms with E-state index in [-0.39, 0.29) is 29.5 Å². The van der Waals surface area contributed by atoms with Gasteiger partial charge in [-0.15, -0.1) is 0 Å². The van der Waals surface area contributed by atoms with Gasteiger partial charge in [-0.3, -0.25) is 10.1 Å². The van der Waals surface area contributed by atoms with Crippen molar-refractivity contribution >= 4 is 11.8 Å². The number of aromatic nitrogens is 2. The van der Waals surface area contributed by atoms with Crippen molar-refractivity contribution in [1.29, 1.82) is 0 Å². The van der Waals surface area contributed by atoms with Crippen molar-refractivity contribution in [2.75, 3.05) is 14.2 Å². The molecule has 1 heterocycles. The molecule has 0 aliphatic rings. The minimum absolute atomic E-state index is 0.0259. The molecule has 0 fully saturated rings. The van der Waals surface area contributed by atoms with Crippen molar-refractivity contribution in [3.8, 4) is 11.5 Å². The molecule has 9 nitrogen and oxygen atoms in total. The second kappa shape index (κ2) is 7.65. The van der Waals surface area contributed by atoms with Crippen LogP contribution in [0.25, 0.3) is 0 Å². The van der Waals surface area contributed by atoms with Crippen LogP contribution in [0.5, 0.6) is 11.5 Å². The molecule has 1 aromatic carbocycles. The Bertz CT molecular complexity index is 784. The number of nitro groups is 1. The van der Waals surface area contributed by atoms with Crippen LogP contribution in [0.4, 0.5) is 10.5 Å². The first kappa shape index (κ1) is 18.2. The summed E-state index contributed by atoms with van der Waals surface area (Å²) in [4.78, 5) is 27.0. The lowest BCUT2D eigenvalue weighted by Crippen LogP contribution is -2.17. The van der Waals surface area contributed by atoms with Crippen LogP contribution in [0.3, 0.4) is 0 Å². The average Bonchev–Trinajstić information content (AvgIpc) is 3.08. The first-order valence-electron chi connectivity index (χ1n) is 7.48. The van der Waals surface area contributed by atoms with E-state index in [1.807, 2.05) is 13.8 Å². The number of imidazole rings is 1. The SMILES string of the molecule is COc1cc(COC(=O)n2ccnc2C(C)C)c([N+](=O)[O-])cc1OC. The lowest BCUT2D eigenvalue weighted by Gasteiger charge is -2.12. The normalized spacial score (nSPS) is 10.6. The van der Waals surface area contributed by atoms with Crippen LogP contribution in [0.1, 0.15) is 31.2 Å². The van der Waals surface area contributed by atoms with Gasteiger partial charge in [0, 0.05) is 18.3 Å². The zero-order chi connectivity index (χ0) is 18.6. The summed E-state index contributed by atoms with van der Waals surface area (Å²) in [5.74, 6) is 1.11. The molecule has 0 atom stereocenters. The highest BCUT2D eigenvalue weighted by atomic mass is 16.6. The van der Waals surface area contributed by atoms with E-state index in [0.29, 0.717) is 11.6 Å². The molecule has 0 spiro atoms. The Hall–Kier alpha value is -3.10. The summed E-state index contributed by atoms with van der Waals surface area (Å²) >= 11 is 0. The summed E-state index contributed by atoms with van der Waals surface area (Å²) in [6.45, 7) is 3.50. The molecule has 134 valence electrons. The Balaban J connectivity index is 2.26. The third-order valence-electron chi connectivity index (χ3n) is 3.52. The van der Waals surface area contributed by atoms with Crippen molar-refractivity contribution < 1.29 is 23.9 Å². The van der Waals surface area contributed by atoms with E-state index in [0.717, 1.165) is 0 Å². The number of methoxy groups -OCH3 is 2. The Morgan fingerprint density at radius 1 is 1.28 bits per heavy atom. The van der Waals surface area contributed by atoms with Crippen molar-refractivity contribution in [2.24, 2.45) is 0 Å². The zero-order valence-corrected chi connectivity index (χ0v) is 14.4. The van der Waals surface area contributed by atoms with E-state index in [4.69, 9.17) is 14.2 Å². The van der Waals surface area contributed by atoms with Crippen LogP contribution in [-0.2, 0) is 11.3 Å². The highest BCUT2D eigenvalue weighted by Gasteiger charge is 2.22. The number of ether oxygens (including phenoxy) is 3. The van der Waals surface area contributed by atoms with Crippen LogP contribution in [0, 0.1) is 10.1 Å². The van der Waals surface area contributed by atoms with E-state index < -0.39 is 11.0 Å². The van der Waals surface area contributed by atoms with Crippen molar-refractivity contribution in [1.82, 2.24) is 9.55 Å². The van der Waals surface area contributed by atoms with E-state index in [1.165, 1.54) is 43.3 Å². The summed E-state index contributed by atoms with van der Waals surface area (Å²) < 4.78 is 16.7. The lowest BCUT2D eigenvalue weighted by atomic mass is 10.1. The van der Waals surface area contributed by atoms with Crippen LogP contribution in [-0.4, -0.2) is 34.8 Å². The monoisotopic (exact) mass is 349 g/mol. The molecule has 0 amide bonds. The fraction of sp³-hybridized carbons (Fsp3) is 0.375. The number of carbonyl (C=O) groups excluding carboxylic acids is 1. The largest absolute Gasteiger partial charge is 0.493 e. The standard InChI is InChI=1S/C16H19N3O6/c1-10(2)15-17-5-6-18(15)16(20)25-9-11-7-13(23-3)14(24-4)8-12(11)19(21)22/h5-8,10H,9H2,1-4H3. The molecule has 25 heavy (non-hydrogen) atoms. The maximum atomic E-state index is 12.2. The molecule has 0 bridgehead atoms. The second-order valence-corrected chi connectivity index (χ2v) is 5.46. The second-order valence-electron chi connectivity index (χ2n) is 5.46. The van der Waals surface area contributed by atoms with Crippen molar-refractivity contribution in [3.63, 3.8) is 0 Å². The Kier molecular flexibility index (Phi) is 5.58. The van der Waals surface area contributed by atoms with Gasteiger partial charge >= 0.3 is 6.09 Å². The maximum Gasteiger partial charge on any atom is 0.419 e. The molecule has 1 aromatic heterocycles. The molecule has 0 saturated carbocycles. The number of nitrogens with zero attached hydrogens (tertiary/aromatic N) is 3. The molecule has 0 N–H and O–H groups in total. The van der Waals surface area contributed by atoms with Crippen molar-refractivity contribution in [3.05, 3.63) is 46.0 Å². The molecule has 9 heteroatoms. The van der Waals surface area contributed by atoms with Gasteiger partial charge in [0.25, 0.3) is 5.69 Å². The lowest BCUT2D eigenvalue weighted by molar-refractivity contribution is -0.385. The molecular weight excluding hydrogens is 330 g/mol. The fourth-order valence-corrected chi connectivity index (χ4v) is 2.30. The summed E-state index contributed by atoms with van der Waals surface area (Å²) in [7, 11) is 2.80. The van der Waals surface area contributed by atoms with Crippen LogP contribution < -0.4 is 9.47 Å². The third kappa shape index (κ3) is 3.87. The zero-order valence-electron chi connectivity index (χ0n) is 14.4. The predicted molar refractivity (Wildman–Crippen MR) is 88.1 cm³/mol. The number of nitro benzene ring substituents is 1. The van der Waals surface area contributed by atoms with Gasteiger partial charge in [-0.25, -0.2) is 14.3 Å². The van der Waals surface area contributed by atoms with Gasteiger partial charge in [0.1, 0.15) is 12.4 Å². The van der Waals surface area contributed by atoms with Crippen molar-refractivity contribution in [2.45, 2.75) is 26.4 Å². The van der Waals surface area contributed by atoms with E-state index in [9.17, 15) is 14.9 Å². The fourth-order valence-electron chi connectivity index (χ4n) is 2.30. The van der Waals surface area contributed by atoms with Gasteiger partial charge in [0.15, 0.2) is 11.5 Å². The molecule has 0 radical (unpaired) electrons. The topological polar surface area (TPSA) is 106 Å². The number of hydrogen-bond acceptors (Lipinski definition) is 7. The maximum absolute atomic E-state index is 12.2. The molecule has 0 saturated heterocycles. The quantitative estimate of drug-likeness (QED) is 0.582. The first-order chi connectivity index (χ1) is 11.9. The first-order valence-corrected chi connectivity index (χ1v) is 7.48. The smallest absolute Gasteiger partial charge is 0.419 e. The highest BCUT2D eigenvalue weighted by molar-refractivity contribution is 5.71. The van der Waals surface area contributed by atoms with E-state index in [2.05, 4.69) is 4.98 Å². The minimum Gasteiger partial charge on any atom is -0.493 e. The predicted octanol–water partition coefficient (Wildman–Crippen LogP) is 3.12. The van der Waals surface area contributed by atoms with Gasteiger partial charge in [0.2, 0.25) is 0 Å². The summed E-state index contributed by atoms with van der Waals surface area (Å²) in [6.07, 6.45) is 2.32. The van der Waals surface area contributed by atoms with Gasteiger partial charge in [0.05, 0.1) is 30.8 Å².